The van der Waals surface area contributed by atoms with Gasteiger partial charge in [-0.1, -0.05) is 42.5 Å². The number of carbonyl (C=O) groups excluding carboxylic acids is 1. The number of fused-ring (bicyclic) bond motifs is 1. The molecule has 0 aliphatic carbocycles. The quantitative estimate of drug-likeness (QED) is 0.910. The van der Waals surface area contributed by atoms with Gasteiger partial charge in [0.25, 0.3) is 0 Å². The van der Waals surface area contributed by atoms with E-state index in [4.69, 9.17) is 0 Å². The molecule has 130 valence electrons. The third-order valence-electron chi connectivity index (χ3n) is 5.66. The van der Waals surface area contributed by atoms with Gasteiger partial charge in [-0.3, -0.25) is 9.69 Å². The number of nitrogens with zero attached hydrogens (tertiary/aromatic N) is 1. The van der Waals surface area contributed by atoms with Gasteiger partial charge in [0.05, 0.1) is 0 Å². The molecule has 0 saturated carbocycles. The van der Waals surface area contributed by atoms with Crippen LogP contribution in [0.15, 0.2) is 48.5 Å². The highest BCUT2D eigenvalue weighted by molar-refractivity contribution is 5.87. The van der Waals surface area contributed by atoms with Crippen LogP contribution in [-0.2, 0) is 24.3 Å². The Morgan fingerprint density at radius 3 is 2.64 bits per heavy atom. The Morgan fingerprint density at radius 1 is 1.04 bits per heavy atom. The highest BCUT2D eigenvalue weighted by atomic mass is 19.1. The number of piperidine rings is 1. The maximum atomic E-state index is 14.2. The first-order chi connectivity index (χ1) is 12.2. The molecule has 1 saturated heterocycles. The third-order valence-corrected chi connectivity index (χ3v) is 5.66. The summed E-state index contributed by atoms with van der Waals surface area (Å²) in [6.45, 7) is 1.87. The van der Waals surface area contributed by atoms with Crippen molar-refractivity contribution in [3.8, 4) is 0 Å². The van der Waals surface area contributed by atoms with Crippen LogP contribution in [0.1, 0.15) is 36.0 Å². The molecule has 25 heavy (non-hydrogen) atoms. The van der Waals surface area contributed by atoms with Gasteiger partial charge in [0.1, 0.15) is 11.4 Å². The van der Waals surface area contributed by atoms with Gasteiger partial charge in [-0.25, -0.2) is 4.39 Å². The number of hydrogen-bond donors (Lipinski definition) is 1. The Kier molecular flexibility index (Phi) is 4.30. The van der Waals surface area contributed by atoms with Crippen LogP contribution in [0.25, 0.3) is 0 Å². The fourth-order valence-electron chi connectivity index (χ4n) is 4.25. The van der Waals surface area contributed by atoms with E-state index >= 15 is 0 Å². The molecule has 2 aromatic rings. The fourth-order valence-corrected chi connectivity index (χ4v) is 4.25. The fraction of sp³-hybridized carbons (Fsp3) is 0.381. The lowest BCUT2D eigenvalue weighted by atomic mass is 9.80. The SMILES string of the molecule is O=C1NCc2ccccc2CC12CCCCN2Cc1ccccc1F. The van der Waals surface area contributed by atoms with E-state index in [1.54, 1.807) is 6.07 Å². The van der Waals surface area contributed by atoms with Crippen LogP contribution in [0.4, 0.5) is 4.39 Å². The van der Waals surface area contributed by atoms with Crippen molar-refractivity contribution in [1.29, 1.82) is 0 Å². The molecule has 1 amide bonds. The summed E-state index contributed by atoms with van der Waals surface area (Å²) in [5, 5.41) is 3.12. The molecule has 2 aliphatic rings. The van der Waals surface area contributed by atoms with Gasteiger partial charge in [0, 0.05) is 25.1 Å². The predicted octanol–water partition coefficient (Wildman–Crippen LogP) is 3.42. The monoisotopic (exact) mass is 338 g/mol. The predicted molar refractivity (Wildman–Crippen MR) is 95.4 cm³/mol. The summed E-state index contributed by atoms with van der Waals surface area (Å²) in [7, 11) is 0. The smallest absolute Gasteiger partial charge is 0.241 e. The van der Waals surface area contributed by atoms with Gasteiger partial charge in [0.15, 0.2) is 0 Å². The van der Waals surface area contributed by atoms with Crippen molar-refractivity contribution < 1.29 is 9.18 Å². The maximum absolute atomic E-state index is 14.2. The molecule has 0 radical (unpaired) electrons. The van der Waals surface area contributed by atoms with Gasteiger partial charge in [-0.15, -0.1) is 0 Å². The minimum absolute atomic E-state index is 0.0831. The molecule has 4 heteroatoms. The average Bonchev–Trinajstić information content (AvgIpc) is 2.77. The largest absolute Gasteiger partial charge is 0.350 e. The molecule has 2 heterocycles. The van der Waals surface area contributed by atoms with Gasteiger partial charge in [0.2, 0.25) is 5.91 Å². The lowest BCUT2D eigenvalue weighted by molar-refractivity contribution is -0.136. The molecule has 0 aromatic heterocycles. The van der Waals surface area contributed by atoms with E-state index in [1.807, 2.05) is 24.3 Å². The van der Waals surface area contributed by atoms with Crippen molar-refractivity contribution in [3.05, 3.63) is 71.0 Å². The average molecular weight is 338 g/mol. The molecule has 1 unspecified atom stereocenters. The molecule has 1 N–H and O–H groups in total. The molecule has 2 aliphatic heterocycles. The van der Waals surface area contributed by atoms with Crippen molar-refractivity contribution in [3.63, 3.8) is 0 Å². The van der Waals surface area contributed by atoms with Crippen LogP contribution in [0, 0.1) is 5.82 Å². The first-order valence-electron chi connectivity index (χ1n) is 9.03. The van der Waals surface area contributed by atoms with Crippen molar-refractivity contribution in [2.45, 2.75) is 44.3 Å². The van der Waals surface area contributed by atoms with E-state index in [9.17, 15) is 9.18 Å². The van der Waals surface area contributed by atoms with E-state index in [0.717, 1.165) is 25.8 Å². The summed E-state index contributed by atoms with van der Waals surface area (Å²) in [5.41, 5.74) is 2.49. The van der Waals surface area contributed by atoms with Crippen molar-refractivity contribution in [2.75, 3.05) is 6.54 Å². The Morgan fingerprint density at radius 2 is 1.80 bits per heavy atom. The number of hydrogen-bond acceptors (Lipinski definition) is 2. The zero-order chi connectivity index (χ0) is 17.3. The second-order valence-corrected chi connectivity index (χ2v) is 7.13. The van der Waals surface area contributed by atoms with Crippen molar-refractivity contribution in [2.24, 2.45) is 0 Å². The van der Waals surface area contributed by atoms with Gasteiger partial charge in [-0.05, 0) is 43.0 Å². The second-order valence-electron chi connectivity index (χ2n) is 7.13. The summed E-state index contributed by atoms with van der Waals surface area (Å²) in [6, 6.07) is 15.1. The molecule has 1 atom stereocenters. The van der Waals surface area contributed by atoms with Crippen LogP contribution >= 0.6 is 0 Å². The molecule has 4 rings (SSSR count). The Hall–Kier alpha value is -2.20. The number of halogens is 1. The summed E-state index contributed by atoms with van der Waals surface area (Å²) in [4.78, 5) is 15.3. The lowest BCUT2D eigenvalue weighted by Gasteiger charge is -2.45. The molecular formula is C21H23FN2O. The summed E-state index contributed by atoms with van der Waals surface area (Å²) in [5.74, 6) is -0.114. The maximum Gasteiger partial charge on any atom is 0.241 e. The first kappa shape index (κ1) is 16.3. The number of benzene rings is 2. The van der Waals surface area contributed by atoms with Crippen LogP contribution in [0.5, 0.6) is 0 Å². The number of rotatable bonds is 2. The van der Waals surface area contributed by atoms with E-state index in [2.05, 4.69) is 22.3 Å². The van der Waals surface area contributed by atoms with Crippen LogP contribution < -0.4 is 5.32 Å². The number of amides is 1. The lowest BCUT2D eigenvalue weighted by Crippen LogP contribution is -2.60. The standard InChI is InChI=1S/C21H23FN2O/c22-19-10-4-3-9-18(19)15-24-12-6-5-11-21(24)13-16-7-1-2-8-17(16)14-23-20(21)25/h1-4,7-10H,5-6,11-15H2,(H,23,25). The molecule has 3 nitrogen and oxygen atoms in total. The zero-order valence-electron chi connectivity index (χ0n) is 14.3. The molecule has 1 fully saturated rings. The Bertz CT molecular complexity index is 791. The first-order valence-corrected chi connectivity index (χ1v) is 9.03. The van der Waals surface area contributed by atoms with E-state index in [-0.39, 0.29) is 11.7 Å². The number of carbonyl (C=O) groups is 1. The number of likely N-dealkylation sites (tertiary alicyclic amines) is 1. The van der Waals surface area contributed by atoms with E-state index < -0.39 is 5.54 Å². The minimum atomic E-state index is -0.576. The molecule has 1 spiro atoms. The van der Waals surface area contributed by atoms with Crippen LogP contribution in [0.3, 0.4) is 0 Å². The summed E-state index contributed by atoms with van der Waals surface area (Å²) < 4.78 is 14.2. The Labute approximate surface area is 147 Å². The Balaban J connectivity index is 1.71. The summed E-state index contributed by atoms with van der Waals surface area (Å²) >= 11 is 0. The van der Waals surface area contributed by atoms with Crippen molar-refractivity contribution in [1.82, 2.24) is 10.2 Å². The molecule has 2 aromatic carbocycles. The molecule has 0 bridgehead atoms. The molecular weight excluding hydrogens is 315 g/mol. The van der Waals surface area contributed by atoms with Gasteiger partial charge in [-0.2, -0.15) is 0 Å². The van der Waals surface area contributed by atoms with E-state index in [0.29, 0.717) is 25.1 Å². The van der Waals surface area contributed by atoms with E-state index in [1.165, 1.54) is 17.2 Å². The van der Waals surface area contributed by atoms with Crippen LogP contribution in [0.2, 0.25) is 0 Å². The van der Waals surface area contributed by atoms with Gasteiger partial charge >= 0.3 is 0 Å². The highest BCUT2D eigenvalue weighted by Gasteiger charge is 2.46. The van der Waals surface area contributed by atoms with Crippen molar-refractivity contribution >= 4 is 5.91 Å². The normalized spacial score (nSPS) is 23.8. The summed E-state index contributed by atoms with van der Waals surface area (Å²) in [6.07, 6.45) is 3.60. The topological polar surface area (TPSA) is 32.3 Å². The minimum Gasteiger partial charge on any atom is -0.350 e. The number of nitrogens with one attached hydrogen (secondary N) is 1. The second kappa shape index (κ2) is 6.60. The third kappa shape index (κ3) is 2.95. The zero-order valence-corrected chi connectivity index (χ0v) is 14.3. The van der Waals surface area contributed by atoms with Gasteiger partial charge < -0.3 is 5.32 Å². The highest BCUT2D eigenvalue weighted by Crippen LogP contribution is 2.36. The van der Waals surface area contributed by atoms with Crippen LogP contribution in [-0.4, -0.2) is 22.9 Å².